The van der Waals surface area contributed by atoms with Crippen molar-refractivity contribution in [3.63, 3.8) is 0 Å². The maximum absolute atomic E-state index is 13.7. The van der Waals surface area contributed by atoms with Crippen molar-refractivity contribution in [3.05, 3.63) is 36.4 Å². The highest BCUT2D eigenvalue weighted by Crippen LogP contribution is 2.24. The van der Waals surface area contributed by atoms with Gasteiger partial charge in [0.15, 0.2) is 17.4 Å². The van der Waals surface area contributed by atoms with E-state index >= 15 is 0 Å². The van der Waals surface area contributed by atoms with Crippen molar-refractivity contribution in [2.75, 3.05) is 32.1 Å². The van der Waals surface area contributed by atoms with Gasteiger partial charge in [-0.2, -0.15) is 0 Å². The fraction of sp³-hybridized carbons (Fsp3) is 0.308. The second kappa shape index (κ2) is 7.44. The Hall–Kier alpha value is -2.15. The summed E-state index contributed by atoms with van der Waals surface area (Å²) in [5.41, 5.74) is -0.305. The lowest BCUT2D eigenvalue weighted by molar-refractivity contribution is 0.195. The number of carbonyl (C=O) groups is 1. The molecule has 7 heteroatoms. The maximum Gasteiger partial charge on any atom is 0.322 e. The molecule has 0 heterocycles. The predicted octanol–water partition coefficient (Wildman–Crippen LogP) is 1.99. The van der Waals surface area contributed by atoms with Gasteiger partial charge in [0.1, 0.15) is 0 Å². The number of rotatable bonds is 6. The molecular weight excluding hydrogens is 270 g/mol. The van der Waals surface area contributed by atoms with Gasteiger partial charge in [0.05, 0.1) is 19.4 Å². The van der Waals surface area contributed by atoms with E-state index in [0.29, 0.717) is 0 Å². The van der Waals surface area contributed by atoms with Crippen LogP contribution in [0.15, 0.2) is 24.8 Å². The zero-order valence-corrected chi connectivity index (χ0v) is 11.0. The Kier molecular flexibility index (Phi) is 5.92. The summed E-state index contributed by atoms with van der Waals surface area (Å²) >= 11 is 0. The molecule has 0 fully saturated rings. The van der Waals surface area contributed by atoms with Crippen LogP contribution in [0.1, 0.15) is 0 Å². The maximum atomic E-state index is 13.7. The number of nitrogens with zero attached hydrogens (tertiary/aromatic N) is 1. The van der Waals surface area contributed by atoms with Crippen LogP contribution in [0.25, 0.3) is 0 Å². The van der Waals surface area contributed by atoms with E-state index in [4.69, 9.17) is 5.11 Å². The van der Waals surface area contributed by atoms with E-state index in [-0.39, 0.29) is 31.1 Å². The van der Waals surface area contributed by atoms with Gasteiger partial charge in [0.25, 0.3) is 0 Å². The second-order valence-corrected chi connectivity index (χ2v) is 3.86. The van der Waals surface area contributed by atoms with Gasteiger partial charge in [-0.1, -0.05) is 6.08 Å². The number of hydrogen-bond acceptors (Lipinski definition) is 3. The molecule has 1 rings (SSSR count). The zero-order valence-electron chi connectivity index (χ0n) is 11.0. The Morgan fingerprint density at radius 2 is 2.20 bits per heavy atom. The molecule has 0 unspecified atom stereocenters. The minimum Gasteiger partial charge on any atom is -0.494 e. The Balaban J connectivity index is 2.89. The van der Waals surface area contributed by atoms with Crippen molar-refractivity contribution >= 4 is 11.7 Å². The molecule has 0 atom stereocenters. The first-order valence-electron chi connectivity index (χ1n) is 5.84. The number of anilines is 1. The van der Waals surface area contributed by atoms with Crippen LogP contribution in [-0.2, 0) is 0 Å². The van der Waals surface area contributed by atoms with Gasteiger partial charge in [-0.25, -0.2) is 13.6 Å². The van der Waals surface area contributed by atoms with Gasteiger partial charge in [0.2, 0.25) is 0 Å². The van der Waals surface area contributed by atoms with Gasteiger partial charge < -0.3 is 20.1 Å². The Morgan fingerprint density at radius 3 is 2.75 bits per heavy atom. The van der Waals surface area contributed by atoms with Crippen LogP contribution < -0.4 is 10.1 Å². The van der Waals surface area contributed by atoms with Crippen LogP contribution in [0.4, 0.5) is 19.3 Å². The van der Waals surface area contributed by atoms with Crippen molar-refractivity contribution in [2.45, 2.75) is 0 Å². The number of ether oxygens (including phenoxy) is 1. The lowest BCUT2D eigenvalue weighted by Gasteiger charge is -2.20. The Morgan fingerprint density at radius 1 is 1.50 bits per heavy atom. The molecular formula is C13H16F2N2O3. The topological polar surface area (TPSA) is 61.8 Å². The standard InChI is InChI=1S/C13H16F2N2O3/c1-3-4-17(5-6-18)13(19)16-11-7-10(15)12(20-2)8-9(11)14/h3,7-8,18H,1,4-6H2,2H3,(H,16,19). The van der Waals surface area contributed by atoms with Crippen molar-refractivity contribution in [1.29, 1.82) is 0 Å². The summed E-state index contributed by atoms with van der Waals surface area (Å²) in [6.45, 7) is 3.45. The molecule has 110 valence electrons. The summed E-state index contributed by atoms with van der Waals surface area (Å²) in [5, 5.41) is 11.1. The molecule has 20 heavy (non-hydrogen) atoms. The fourth-order valence-electron chi connectivity index (χ4n) is 1.53. The normalized spacial score (nSPS) is 10.0. The van der Waals surface area contributed by atoms with E-state index in [1.54, 1.807) is 0 Å². The smallest absolute Gasteiger partial charge is 0.322 e. The van der Waals surface area contributed by atoms with E-state index in [0.717, 1.165) is 12.1 Å². The van der Waals surface area contributed by atoms with Crippen molar-refractivity contribution in [3.8, 4) is 5.75 Å². The van der Waals surface area contributed by atoms with Crippen LogP contribution >= 0.6 is 0 Å². The van der Waals surface area contributed by atoms with Gasteiger partial charge in [-0.3, -0.25) is 0 Å². The predicted molar refractivity (Wildman–Crippen MR) is 70.8 cm³/mol. The van der Waals surface area contributed by atoms with Crippen LogP contribution in [-0.4, -0.2) is 42.8 Å². The summed E-state index contributed by atoms with van der Waals surface area (Å²) < 4.78 is 31.8. The highest BCUT2D eigenvalue weighted by Gasteiger charge is 2.16. The third-order valence-corrected chi connectivity index (χ3v) is 2.49. The summed E-state index contributed by atoms with van der Waals surface area (Å²) in [5.74, 6) is -1.86. The first-order chi connectivity index (χ1) is 9.53. The minimum absolute atomic E-state index is 0.0537. The van der Waals surface area contributed by atoms with Gasteiger partial charge in [-0.05, 0) is 0 Å². The molecule has 0 spiro atoms. The first-order valence-corrected chi connectivity index (χ1v) is 5.84. The summed E-state index contributed by atoms with van der Waals surface area (Å²) in [6.07, 6.45) is 1.46. The largest absolute Gasteiger partial charge is 0.494 e. The number of aliphatic hydroxyl groups excluding tert-OH is 1. The number of benzene rings is 1. The van der Waals surface area contributed by atoms with E-state index in [1.807, 2.05) is 0 Å². The van der Waals surface area contributed by atoms with Crippen LogP contribution in [0.5, 0.6) is 5.75 Å². The van der Waals surface area contributed by atoms with Gasteiger partial charge in [0, 0.05) is 25.2 Å². The zero-order chi connectivity index (χ0) is 15.1. The average molecular weight is 286 g/mol. The SMILES string of the molecule is C=CCN(CCO)C(=O)Nc1cc(F)c(OC)cc1F. The second-order valence-electron chi connectivity index (χ2n) is 3.86. The number of amides is 2. The number of urea groups is 1. The molecule has 0 saturated heterocycles. The van der Waals surface area contributed by atoms with Crippen LogP contribution in [0.2, 0.25) is 0 Å². The number of carbonyl (C=O) groups excluding carboxylic acids is 1. The van der Waals surface area contributed by atoms with Crippen LogP contribution in [0, 0.1) is 11.6 Å². The van der Waals surface area contributed by atoms with Crippen molar-refractivity contribution in [2.24, 2.45) is 0 Å². The molecule has 2 N–H and O–H groups in total. The third-order valence-electron chi connectivity index (χ3n) is 2.49. The molecule has 1 aromatic rings. The lowest BCUT2D eigenvalue weighted by Crippen LogP contribution is -2.37. The van der Waals surface area contributed by atoms with Crippen molar-refractivity contribution < 1.29 is 23.4 Å². The quantitative estimate of drug-likeness (QED) is 0.786. The highest BCUT2D eigenvalue weighted by molar-refractivity contribution is 5.89. The number of aliphatic hydroxyl groups is 1. The molecule has 0 saturated carbocycles. The molecule has 0 aliphatic heterocycles. The molecule has 2 amide bonds. The Labute approximate surface area is 115 Å². The summed E-state index contributed by atoms with van der Waals surface area (Å²) in [4.78, 5) is 13.0. The van der Waals surface area contributed by atoms with E-state index in [1.165, 1.54) is 18.1 Å². The lowest BCUT2D eigenvalue weighted by atomic mass is 10.2. The molecule has 5 nitrogen and oxygen atoms in total. The molecule has 0 aliphatic carbocycles. The number of nitrogens with one attached hydrogen (secondary N) is 1. The number of hydrogen-bond donors (Lipinski definition) is 2. The minimum atomic E-state index is -0.820. The van der Waals surface area contributed by atoms with Crippen molar-refractivity contribution in [1.82, 2.24) is 4.90 Å². The molecule has 0 aliphatic rings. The van der Waals surface area contributed by atoms with E-state index in [9.17, 15) is 13.6 Å². The summed E-state index contributed by atoms with van der Waals surface area (Å²) in [7, 11) is 1.21. The first kappa shape index (κ1) is 15.9. The summed E-state index contributed by atoms with van der Waals surface area (Å²) in [6, 6.07) is 1.01. The molecule has 0 radical (unpaired) electrons. The molecule has 0 aromatic heterocycles. The fourth-order valence-corrected chi connectivity index (χ4v) is 1.53. The number of methoxy groups -OCH3 is 1. The Bertz CT molecular complexity index is 495. The monoisotopic (exact) mass is 286 g/mol. The average Bonchev–Trinajstić information content (AvgIpc) is 2.42. The molecule has 1 aromatic carbocycles. The molecule has 0 bridgehead atoms. The van der Waals surface area contributed by atoms with Gasteiger partial charge in [-0.15, -0.1) is 6.58 Å². The highest BCUT2D eigenvalue weighted by atomic mass is 19.1. The van der Waals surface area contributed by atoms with E-state index in [2.05, 4.69) is 16.6 Å². The third kappa shape index (κ3) is 3.92. The number of halogens is 2. The van der Waals surface area contributed by atoms with Gasteiger partial charge >= 0.3 is 6.03 Å². The van der Waals surface area contributed by atoms with E-state index < -0.39 is 17.7 Å². The van der Waals surface area contributed by atoms with Crippen LogP contribution in [0.3, 0.4) is 0 Å².